The van der Waals surface area contributed by atoms with Gasteiger partial charge in [0.15, 0.2) is 0 Å². The summed E-state index contributed by atoms with van der Waals surface area (Å²) in [5.41, 5.74) is -0.470. The number of rotatable bonds is 4. The van der Waals surface area contributed by atoms with Crippen molar-refractivity contribution in [2.45, 2.75) is 65.0 Å². The molecule has 0 unspecified atom stereocenters. The van der Waals surface area contributed by atoms with E-state index in [-0.39, 0.29) is 18.0 Å². The third-order valence-electron chi connectivity index (χ3n) is 3.59. The van der Waals surface area contributed by atoms with Gasteiger partial charge in [0.1, 0.15) is 5.60 Å². The molecule has 0 radical (unpaired) electrons. The van der Waals surface area contributed by atoms with E-state index >= 15 is 0 Å². The quantitative estimate of drug-likeness (QED) is 0.810. The van der Waals surface area contributed by atoms with Crippen molar-refractivity contribution in [3.63, 3.8) is 0 Å². The summed E-state index contributed by atoms with van der Waals surface area (Å²) in [7, 11) is 1.53. The van der Waals surface area contributed by atoms with Gasteiger partial charge < -0.3 is 10.1 Å². The number of amides is 2. The lowest BCUT2D eigenvalue weighted by Gasteiger charge is -2.34. The average Bonchev–Trinajstić information content (AvgIpc) is 2.36. The number of nitrogens with one attached hydrogen (secondary N) is 1. The van der Waals surface area contributed by atoms with Crippen LogP contribution in [0.4, 0.5) is 4.79 Å². The van der Waals surface area contributed by atoms with Crippen molar-refractivity contribution in [3.05, 3.63) is 0 Å². The van der Waals surface area contributed by atoms with Gasteiger partial charge in [-0.25, -0.2) is 9.86 Å². The lowest BCUT2D eigenvalue weighted by molar-refractivity contribution is -0.189. The molecule has 0 aromatic heterocycles. The summed E-state index contributed by atoms with van der Waals surface area (Å²) < 4.78 is 5.21. The van der Waals surface area contributed by atoms with Crippen LogP contribution in [0.1, 0.15) is 53.4 Å². The van der Waals surface area contributed by atoms with Gasteiger partial charge in [-0.15, -0.1) is 0 Å². The van der Waals surface area contributed by atoms with Gasteiger partial charge in [0, 0.05) is 13.5 Å². The Morgan fingerprint density at radius 3 is 2.19 bits per heavy atom. The molecule has 0 heterocycles. The number of hydrogen-bond acceptors (Lipinski definition) is 4. The highest BCUT2D eigenvalue weighted by molar-refractivity contribution is 5.72. The Morgan fingerprint density at radius 2 is 1.76 bits per heavy atom. The van der Waals surface area contributed by atoms with Crippen LogP contribution in [0.5, 0.6) is 0 Å². The summed E-state index contributed by atoms with van der Waals surface area (Å²) >= 11 is 0. The molecule has 0 spiro atoms. The second-order valence-corrected chi connectivity index (χ2v) is 6.58. The van der Waals surface area contributed by atoms with E-state index < -0.39 is 5.60 Å². The molecule has 0 bridgehead atoms. The first kappa shape index (κ1) is 17.8. The van der Waals surface area contributed by atoms with Crippen LogP contribution in [0, 0.1) is 5.92 Å². The van der Waals surface area contributed by atoms with E-state index in [2.05, 4.69) is 5.32 Å². The van der Waals surface area contributed by atoms with Gasteiger partial charge in [-0.1, -0.05) is 0 Å². The molecule has 1 rings (SSSR count). The van der Waals surface area contributed by atoms with Crippen LogP contribution in [-0.4, -0.2) is 42.4 Å². The average molecular weight is 300 g/mol. The van der Waals surface area contributed by atoms with E-state index in [0.717, 1.165) is 25.7 Å². The number of carbonyl (C=O) groups excluding carboxylic acids is 2. The minimum absolute atomic E-state index is 0.0622. The van der Waals surface area contributed by atoms with E-state index in [4.69, 9.17) is 9.57 Å². The molecule has 0 aromatic rings. The molecule has 1 aliphatic rings. The topological polar surface area (TPSA) is 67.9 Å². The molecule has 1 saturated carbocycles. The van der Waals surface area contributed by atoms with E-state index in [1.54, 1.807) is 0 Å². The smallest absolute Gasteiger partial charge is 0.407 e. The molecule has 1 aliphatic carbocycles. The van der Waals surface area contributed by atoms with Crippen molar-refractivity contribution in [3.8, 4) is 0 Å². The van der Waals surface area contributed by atoms with Crippen molar-refractivity contribution < 1.29 is 19.2 Å². The van der Waals surface area contributed by atoms with Gasteiger partial charge >= 0.3 is 6.09 Å². The second-order valence-electron chi connectivity index (χ2n) is 6.58. The fraction of sp³-hybridized carbons (Fsp3) is 0.867. The SMILES string of the molecule is CON(C(C)=O)C1CCC(CNC(=O)OC(C)(C)C)CC1. The van der Waals surface area contributed by atoms with Gasteiger partial charge in [-0.3, -0.25) is 9.63 Å². The first-order valence-corrected chi connectivity index (χ1v) is 7.53. The Morgan fingerprint density at radius 1 is 1.19 bits per heavy atom. The van der Waals surface area contributed by atoms with Crippen molar-refractivity contribution in [2.75, 3.05) is 13.7 Å². The summed E-state index contributed by atoms with van der Waals surface area (Å²) in [5.74, 6) is 0.368. The van der Waals surface area contributed by atoms with Gasteiger partial charge in [0.25, 0.3) is 0 Å². The summed E-state index contributed by atoms with van der Waals surface area (Å²) in [6.45, 7) is 7.67. The molecular weight excluding hydrogens is 272 g/mol. The zero-order valence-electron chi connectivity index (χ0n) is 13.8. The molecule has 6 heteroatoms. The summed E-state index contributed by atoms with van der Waals surface area (Å²) in [6.07, 6.45) is 3.36. The van der Waals surface area contributed by atoms with Crippen molar-refractivity contribution >= 4 is 12.0 Å². The molecule has 0 saturated heterocycles. The first-order chi connectivity index (χ1) is 9.73. The number of alkyl carbamates (subject to hydrolysis) is 1. The third kappa shape index (κ3) is 6.33. The van der Waals surface area contributed by atoms with Crippen LogP contribution in [0.2, 0.25) is 0 Å². The Balaban J connectivity index is 2.31. The molecule has 6 nitrogen and oxygen atoms in total. The minimum Gasteiger partial charge on any atom is -0.444 e. The predicted molar refractivity (Wildman–Crippen MR) is 79.5 cm³/mol. The van der Waals surface area contributed by atoms with Crippen LogP contribution < -0.4 is 5.32 Å². The fourth-order valence-electron chi connectivity index (χ4n) is 2.66. The van der Waals surface area contributed by atoms with E-state index in [9.17, 15) is 9.59 Å². The number of nitrogens with zero attached hydrogens (tertiary/aromatic N) is 1. The molecule has 0 atom stereocenters. The minimum atomic E-state index is -0.470. The zero-order chi connectivity index (χ0) is 16.0. The maximum atomic E-state index is 11.6. The largest absolute Gasteiger partial charge is 0.444 e. The van der Waals surface area contributed by atoms with Crippen molar-refractivity contribution in [1.29, 1.82) is 0 Å². The highest BCUT2D eigenvalue weighted by Gasteiger charge is 2.28. The third-order valence-corrected chi connectivity index (χ3v) is 3.59. The molecule has 0 aromatic carbocycles. The van der Waals surface area contributed by atoms with Crippen LogP contribution >= 0.6 is 0 Å². The standard InChI is InChI=1S/C15H28N2O4/c1-11(18)17(20-5)13-8-6-12(7-9-13)10-16-14(19)21-15(2,3)4/h12-13H,6-10H2,1-5H3,(H,16,19). The maximum absolute atomic E-state index is 11.6. The van der Waals surface area contributed by atoms with Gasteiger partial charge in [0.05, 0.1) is 13.2 Å². The van der Waals surface area contributed by atoms with E-state index in [0.29, 0.717) is 12.5 Å². The lowest BCUT2D eigenvalue weighted by Crippen LogP contribution is -2.42. The highest BCUT2D eigenvalue weighted by Crippen LogP contribution is 2.27. The first-order valence-electron chi connectivity index (χ1n) is 7.53. The fourth-order valence-corrected chi connectivity index (χ4v) is 2.66. The molecule has 1 N–H and O–H groups in total. The van der Waals surface area contributed by atoms with Crippen LogP contribution in [0.25, 0.3) is 0 Å². The monoisotopic (exact) mass is 300 g/mol. The number of carbonyl (C=O) groups is 2. The number of hydrogen-bond donors (Lipinski definition) is 1. The predicted octanol–water partition coefficient (Wildman–Crippen LogP) is 2.48. The van der Waals surface area contributed by atoms with Crippen molar-refractivity contribution in [1.82, 2.24) is 10.4 Å². The summed E-state index contributed by atoms with van der Waals surface area (Å²) in [6, 6.07) is 0.144. The highest BCUT2D eigenvalue weighted by atomic mass is 16.7. The normalized spacial score (nSPS) is 22.5. The maximum Gasteiger partial charge on any atom is 0.407 e. The van der Waals surface area contributed by atoms with E-state index in [1.165, 1.54) is 19.1 Å². The zero-order valence-corrected chi connectivity index (χ0v) is 13.8. The summed E-state index contributed by atoms with van der Waals surface area (Å²) in [4.78, 5) is 28.2. The lowest BCUT2D eigenvalue weighted by atomic mass is 9.86. The molecular formula is C15H28N2O4. The van der Waals surface area contributed by atoms with Crippen molar-refractivity contribution in [2.24, 2.45) is 5.92 Å². The molecule has 2 amide bonds. The van der Waals surface area contributed by atoms with Crippen LogP contribution in [0.3, 0.4) is 0 Å². The second kappa shape index (κ2) is 7.64. The van der Waals surface area contributed by atoms with Crippen LogP contribution in [-0.2, 0) is 14.4 Å². The Kier molecular flexibility index (Phi) is 6.45. The van der Waals surface area contributed by atoms with E-state index in [1.807, 2.05) is 20.8 Å². The molecule has 122 valence electrons. The molecule has 1 fully saturated rings. The van der Waals surface area contributed by atoms with Gasteiger partial charge in [-0.2, -0.15) is 0 Å². The summed E-state index contributed by atoms with van der Waals surface area (Å²) in [5, 5.41) is 4.27. The number of ether oxygens (including phenoxy) is 1. The number of hydroxylamine groups is 2. The Hall–Kier alpha value is -1.30. The molecule has 0 aliphatic heterocycles. The van der Waals surface area contributed by atoms with Crippen LogP contribution in [0.15, 0.2) is 0 Å². The van der Waals surface area contributed by atoms with Gasteiger partial charge in [-0.05, 0) is 52.4 Å². The Labute approximate surface area is 127 Å². The van der Waals surface area contributed by atoms with Gasteiger partial charge in [0.2, 0.25) is 5.91 Å². The molecule has 21 heavy (non-hydrogen) atoms. The Bertz CT molecular complexity index is 357.